The van der Waals surface area contributed by atoms with Crippen molar-refractivity contribution in [2.45, 2.75) is 31.5 Å². The van der Waals surface area contributed by atoms with Gasteiger partial charge in [-0.05, 0) is 36.0 Å². The van der Waals surface area contributed by atoms with E-state index >= 15 is 0 Å². The van der Waals surface area contributed by atoms with E-state index in [-0.39, 0.29) is 12.5 Å². The van der Waals surface area contributed by atoms with Gasteiger partial charge in [-0.25, -0.2) is 0 Å². The highest BCUT2D eigenvalue weighted by molar-refractivity contribution is 6.64. The van der Waals surface area contributed by atoms with Gasteiger partial charge in [0.2, 0.25) is 5.24 Å². The van der Waals surface area contributed by atoms with Crippen molar-refractivity contribution >= 4 is 33.7 Å². The highest BCUT2D eigenvalue weighted by atomic mass is 35.5. The lowest BCUT2D eigenvalue weighted by Gasteiger charge is -2.07. The maximum Gasteiger partial charge on any atom is 0.250 e. The second kappa shape index (κ2) is 4.21. The highest BCUT2D eigenvalue weighted by Gasteiger charge is 2.30. The molecule has 1 aliphatic rings. The molecular formula is C7H8Cl2O3. The van der Waals surface area contributed by atoms with E-state index in [0.717, 1.165) is 0 Å². The summed E-state index contributed by atoms with van der Waals surface area (Å²) in [6.45, 7) is 0. The van der Waals surface area contributed by atoms with Crippen LogP contribution in [-0.2, 0) is 14.3 Å². The number of hydrogen-bond donors (Lipinski definition) is 0. The molecule has 2 atom stereocenters. The second-order valence-electron chi connectivity index (χ2n) is 2.69. The lowest BCUT2D eigenvalue weighted by atomic mass is 10.2. The minimum atomic E-state index is -0.548. The summed E-state index contributed by atoms with van der Waals surface area (Å²) in [6.07, 6.45) is 0.622. The van der Waals surface area contributed by atoms with Crippen molar-refractivity contribution in [1.82, 2.24) is 0 Å². The Morgan fingerprint density at radius 2 is 2.00 bits per heavy atom. The van der Waals surface area contributed by atoms with E-state index in [9.17, 15) is 9.59 Å². The van der Waals surface area contributed by atoms with Crippen LogP contribution in [0, 0.1) is 0 Å². The molecule has 0 bridgehead atoms. The fourth-order valence-corrected chi connectivity index (χ4v) is 1.53. The second-order valence-corrected chi connectivity index (χ2v) is 3.48. The Bertz CT molecular complexity index is 205. The van der Waals surface area contributed by atoms with Gasteiger partial charge < -0.3 is 4.74 Å². The molecule has 0 aromatic carbocycles. The maximum absolute atomic E-state index is 10.6. The average molecular weight is 211 g/mol. The Hall–Kier alpha value is -0.120. The van der Waals surface area contributed by atoms with Crippen molar-refractivity contribution in [1.29, 1.82) is 0 Å². The van der Waals surface area contributed by atoms with E-state index in [1.54, 1.807) is 0 Å². The highest BCUT2D eigenvalue weighted by Crippen LogP contribution is 2.24. The third-order valence-corrected chi connectivity index (χ3v) is 2.15. The first-order valence-electron chi connectivity index (χ1n) is 3.62. The fourth-order valence-electron chi connectivity index (χ4n) is 1.20. The van der Waals surface area contributed by atoms with Crippen LogP contribution in [0.3, 0.4) is 0 Å². The van der Waals surface area contributed by atoms with Gasteiger partial charge in [-0.1, -0.05) is 0 Å². The summed E-state index contributed by atoms with van der Waals surface area (Å²) in [5, 5.41) is -0.942. The zero-order valence-corrected chi connectivity index (χ0v) is 7.77. The van der Waals surface area contributed by atoms with E-state index in [1.165, 1.54) is 0 Å². The molecule has 0 aromatic rings. The van der Waals surface area contributed by atoms with E-state index in [0.29, 0.717) is 12.8 Å². The summed E-state index contributed by atoms with van der Waals surface area (Å²) >= 11 is 10.4. The van der Waals surface area contributed by atoms with Gasteiger partial charge in [-0.2, -0.15) is 0 Å². The molecule has 1 fully saturated rings. The number of ether oxygens (including phenoxy) is 1. The summed E-state index contributed by atoms with van der Waals surface area (Å²) in [4.78, 5) is 21.0. The van der Waals surface area contributed by atoms with Gasteiger partial charge in [0.1, 0.15) is 6.10 Å². The van der Waals surface area contributed by atoms with E-state index < -0.39 is 16.6 Å². The summed E-state index contributed by atoms with van der Waals surface area (Å²) in [7, 11) is 0. The lowest BCUT2D eigenvalue weighted by molar-refractivity contribution is -0.124. The first-order valence-corrected chi connectivity index (χ1v) is 4.38. The number of carbonyl (C=O) groups excluding carboxylic acids is 2. The molecule has 1 heterocycles. The van der Waals surface area contributed by atoms with Crippen LogP contribution in [0.25, 0.3) is 0 Å². The molecule has 2 unspecified atom stereocenters. The number of hydrogen-bond acceptors (Lipinski definition) is 3. The molecule has 3 nitrogen and oxygen atoms in total. The molecule has 0 spiro atoms. The van der Waals surface area contributed by atoms with E-state index in [1.807, 2.05) is 0 Å². The molecular weight excluding hydrogens is 203 g/mol. The van der Waals surface area contributed by atoms with Crippen molar-refractivity contribution in [2.24, 2.45) is 0 Å². The minimum Gasteiger partial charge on any atom is -0.365 e. The van der Waals surface area contributed by atoms with Crippen LogP contribution in [0.15, 0.2) is 0 Å². The topological polar surface area (TPSA) is 43.4 Å². The van der Waals surface area contributed by atoms with Gasteiger partial charge in [0.05, 0.1) is 6.10 Å². The van der Waals surface area contributed by atoms with E-state index in [4.69, 9.17) is 27.9 Å². The third-order valence-electron chi connectivity index (χ3n) is 1.75. The van der Waals surface area contributed by atoms with Crippen LogP contribution in [0.2, 0.25) is 0 Å². The predicted molar refractivity (Wildman–Crippen MR) is 44.2 cm³/mol. The molecule has 1 rings (SSSR count). The van der Waals surface area contributed by atoms with Gasteiger partial charge >= 0.3 is 0 Å². The molecule has 0 aliphatic carbocycles. The molecule has 5 heteroatoms. The molecule has 68 valence electrons. The van der Waals surface area contributed by atoms with Gasteiger partial charge in [0, 0.05) is 6.42 Å². The zero-order valence-electron chi connectivity index (χ0n) is 6.26. The quantitative estimate of drug-likeness (QED) is 0.663. The molecule has 0 saturated carbocycles. The fraction of sp³-hybridized carbons (Fsp3) is 0.714. The SMILES string of the molecule is O=C(Cl)CC1CCC(C(=O)Cl)O1. The Kier molecular flexibility index (Phi) is 3.50. The summed E-state index contributed by atoms with van der Waals surface area (Å²) < 4.78 is 5.15. The Morgan fingerprint density at radius 3 is 2.42 bits per heavy atom. The zero-order chi connectivity index (χ0) is 9.14. The molecule has 0 radical (unpaired) electrons. The smallest absolute Gasteiger partial charge is 0.250 e. The third kappa shape index (κ3) is 2.73. The minimum absolute atomic E-state index is 0.155. The molecule has 0 N–H and O–H groups in total. The van der Waals surface area contributed by atoms with Gasteiger partial charge in [-0.3, -0.25) is 9.59 Å². The largest absolute Gasteiger partial charge is 0.365 e. The number of carbonyl (C=O) groups is 2. The molecule has 12 heavy (non-hydrogen) atoms. The normalized spacial score (nSPS) is 28.8. The maximum atomic E-state index is 10.6. The summed E-state index contributed by atoms with van der Waals surface area (Å²) in [5.41, 5.74) is 0. The van der Waals surface area contributed by atoms with Crippen molar-refractivity contribution in [3.05, 3.63) is 0 Å². The number of halogens is 2. The van der Waals surface area contributed by atoms with Crippen LogP contribution in [0.1, 0.15) is 19.3 Å². The first kappa shape index (κ1) is 9.96. The van der Waals surface area contributed by atoms with Crippen molar-refractivity contribution < 1.29 is 14.3 Å². The average Bonchev–Trinajstić information content (AvgIpc) is 2.34. The van der Waals surface area contributed by atoms with Gasteiger partial charge in [0.25, 0.3) is 5.24 Å². The van der Waals surface area contributed by atoms with Crippen molar-refractivity contribution in [2.75, 3.05) is 0 Å². The van der Waals surface area contributed by atoms with Crippen LogP contribution >= 0.6 is 23.2 Å². The van der Waals surface area contributed by atoms with E-state index in [2.05, 4.69) is 0 Å². The molecule has 1 saturated heterocycles. The predicted octanol–water partition coefficient (Wildman–Crippen LogP) is 1.45. The van der Waals surface area contributed by atoms with Crippen LogP contribution in [-0.4, -0.2) is 22.7 Å². The van der Waals surface area contributed by atoms with Crippen molar-refractivity contribution in [3.63, 3.8) is 0 Å². The standard InChI is InChI=1S/C7H8Cl2O3/c8-6(10)3-4-1-2-5(12-4)7(9)11/h4-5H,1-3H2. The van der Waals surface area contributed by atoms with Crippen LogP contribution in [0.4, 0.5) is 0 Å². The monoisotopic (exact) mass is 210 g/mol. The van der Waals surface area contributed by atoms with Gasteiger partial charge in [0.15, 0.2) is 0 Å². The van der Waals surface area contributed by atoms with Crippen LogP contribution < -0.4 is 0 Å². The lowest BCUT2D eigenvalue weighted by Crippen LogP contribution is -2.17. The van der Waals surface area contributed by atoms with Crippen molar-refractivity contribution in [3.8, 4) is 0 Å². The Morgan fingerprint density at radius 1 is 1.33 bits per heavy atom. The summed E-state index contributed by atoms with van der Waals surface area (Å²) in [5.74, 6) is 0. The first-order chi connectivity index (χ1) is 5.59. The molecule has 0 amide bonds. The Labute approximate surface area is 80.0 Å². The van der Waals surface area contributed by atoms with Crippen LogP contribution in [0.5, 0.6) is 0 Å². The van der Waals surface area contributed by atoms with Gasteiger partial charge in [-0.15, -0.1) is 0 Å². The summed E-state index contributed by atoms with van der Waals surface area (Å²) in [6, 6.07) is 0. The Balaban J connectivity index is 2.35. The molecule has 1 aliphatic heterocycles. The molecule has 0 aromatic heterocycles. The number of rotatable bonds is 3.